The molecule has 1 saturated heterocycles. The summed E-state index contributed by atoms with van der Waals surface area (Å²) in [5.74, 6) is -0.279. The third kappa shape index (κ3) is 3.74. The van der Waals surface area contributed by atoms with Gasteiger partial charge in [0, 0.05) is 10.0 Å². The third-order valence-corrected chi connectivity index (χ3v) is 5.89. The summed E-state index contributed by atoms with van der Waals surface area (Å²) in [7, 11) is 0. The number of ketones is 1. The van der Waals surface area contributed by atoms with E-state index in [4.69, 9.17) is 0 Å². The molecular weight excluding hydrogens is 420 g/mol. The molecule has 1 heterocycles. The second-order valence-corrected chi connectivity index (χ2v) is 8.23. The molecule has 2 aromatic carbocycles. The maximum Gasteiger partial charge on any atom is 0.325 e. The number of urea groups is 1. The van der Waals surface area contributed by atoms with E-state index in [-0.39, 0.29) is 12.3 Å². The van der Waals surface area contributed by atoms with E-state index in [1.165, 1.54) is 0 Å². The molecular formula is C22H23BrN2O3. The summed E-state index contributed by atoms with van der Waals surface area (Å²) in [6.07, 6.45) is 1.02. The monoisotopic (exact) mass is 442 g/mol. The molecule has 1 fully saturated rings. The van der Waals surface area contributed by atoms with Gasteiger partial charge in [0.25, 0.3) is 5.91 Å². The molecule has 0 radical (unpaired) electrons. The molecule has 5 nitrogen and oxygen atoms in total. The second-order valence-electron chi connectivity index (χ2n) is 7.31. The minimum absolute atomic E-state index is 0.266. The van der Waals surface area contributed by atoms with Crippen LogP contribution >= 0.6 is 15.9 Å². The molecule has 0 saturated carbocycles. The molecule has 0 aliphatic carbocycles. The van der Waals surface area contributed by atoms with Gasteiger partial charge in [0.1, 0.15) is 5.54 Å². The normalized spacial score (nSPS) is 20.2. The average molecular weight is 443 g/mol. The SMILES string of the molecule is CC[C@H](C)c1ccc(C(=O)CN2C(=O)N[C@](C)(c3cccc(Br)c3)C2=O)cc1. The Morgan fingerprint density at radius 2 is 1.86 bits per heavy atom. The number of imide groups is 1. The topological polar surface area (TPSA) is 66.5 Å². The largest absolute Gasteiger partial charge is 0.325 e. The van der Waals surface area contributed by atoms with Gasteiger partial charge >= 0.3 is 6.03 Å². The Bertz CT molecular complexity index is 926. The molecule has 28 heavy (non-hydrogen) atoms. The summed E-state index contributed by atoms with van der Waals surface area (Å²) in [6.45, 7) is 5.62. The number of Topliss-reactive ketones (excluding diaryl/α,β-unsaturated/α-hetero) is 1. The lowest BCUT2D eigenvalue weighted by Gasteiger charge is -2.22. The van der Waals surface area contributed by atoms with E-state index in [0.29, 0.717) is 17.0 Å². The van der Waals surface area contributed by atoms with Crippen LogP contribution in [0, 0.1) is 0 Å². The minimum atomic E-state index is -1.19. The van der Waals surface area contributed by atoms with Crippen LogP contribution in [0.1, 0.15) is 54.6 Å². The number of rotatable bonds is 6. The van der Waals surface area contributed by atoms with Crippen molar-refractivity contribution in [2.45, 2.75) is 38.6 Å². The predicted octanol–water partition coefficient (Wildman–Crippen LogP) is 4.61. The van der Waals surface area contributed by atoms with Crippen molar-refractivity contribution >= 4 is 33.7 Å². The molecule has 1 aliphatic heterocycles. The summed E-state index contributed by atoms with van der Waals surface area (Å²) in [4.78, 5) is 39.1. The van der Waals surface area contributed by atoms with E-state index in [2.05, 4.69) is 35.1 Å². The fourth-order valence-electron chi connectivity index (χ4n) is 3.30. The summed E-state index contributed by atoms with van der Waals surface area (Å²) in [5.41, 5.74) is 1.12. The van der Waals surface area contributed by atoms with E-state index >= 15 is 0 Å². The van der Waals surface area contributed by atoms with Crippen molar-refractivity contribution in [1.29, 1.82) is 0 Å². The maximum absolute atomic E-state index is 13.0. The number of nitrogens with zero attached hydrogens (tertiary/aromatic N) is 1. The summed E-state index contributed by atoms with van der Waals surface area (Å²) in [6, 6.07) is 14.0. The van der Waals surface area contributed by atoms with Crippen LogP contribution in [0.15, 0.2) is 53.0 Å². The van der Waals surface area contributed by atoms with Crippen molar-refractivity contribution in [1.82, 2.24) is 10.2 Å². The number of benzene rings is 2. The highest BCUT2D eigenvalue weighted by Crippen LogP contribution is 2.30. The number of hydrogen-bond acceptors (Lipinski definition) is 3. The highest BCUT2D eigenvalue weighted by Gasteiger charge is 2.49. The van der Waals surface area contributed by atoms with Crippen LogP contribution in [0.25, 0.3) is 0 Å². The first kappa shape index (κ1) is 20.3. The Labute approximate surface area is 173 Å². The molecule has 2 atom stereocenters. The zero-order valence-electron chi connectivity index (χ0n) is 16.2. The van der Waals surface area contributed by atoms with E-state index < -0.39 is 17.5 Å². The van der Waals surface area contributed by atoms with Gasteiger partial charge in [-0.15, -0.1) is 0 Å². The second kappa shape index (κ2) is 7.87. The minimum Gasteiger partial charge on any atom is -0.319 e. The number of amides is 3. The molecule has 146 valence electrons. The van der Waals surface area contributed by atoms with Crippen LogP contribution in [-0.4, -0.2) is 29.2 Å². The lowest BCUT2D eigenvalue weighted by molar-refractivity contribution is -0.130. The van der Waals surface area contributed by atoms with Gasteiger partial charge in [-0.3, -0.25) is 14.5 Å². The van der Waals surface area contributed by atoms with Gasteiger partial charge in [0.2, 0.25) is 0 Å². The van der Waals surface area contributed by atoms with Gasteiger partial charge < -0.3 is 5.32 Å². The molecule has 6 heteroatoms. The van der Waals surface area contributed by atoms with Gasteiger partial charge in [0.15, 0.2) is 5.78 Å². The van der Waals surface area contributed by atoms with E-state index in [0.717, 1.165) is 21.4 Å². The van der Waals surface area contributed by atoms with Crippen LogP contribution in [0.4, 0.5) is 4.79 Å². The highest BCUT2D eigenvalue weighted by molar-refractivity contribution is 9.10. The van der Waals surface area contributed by atoms with E-state index in [9.17, 15) is 14.4 Å². The third-order valence-electron chi connectivity index (χ3n) is 5.39. The van der Waals surface area contributed by atoms with Crippen molar-refractivity contribution in [3.05, 3.63) is 69.7 Å². The van der Waals surface area contributed by atoms with Crippen LogP contribution in [0.5, 0.6) is 0 Å². The summed E-state index contributed by atoms with van der Waals surface area (Å²) >= 11 is 3.38. The average Bonchev–Trinajstić information content (AvgIpc) is 2.91. The number of carbonyl (C=O) groups excluding carboxylic acids is 3. The molecule has 0 bridgehead atoms. The van der Waals surface area contributed by atoms with Crippen molar-refractivity contribution in [2.24, 2.45) is 0 Å². The van der Waals surface area contributed by atoms with Crippen LogP contribution in [0.3, 0.4) is 0 Å². The van der Waals surface area contributed by atoms with Crippen molar-refractivity contribution in [3.8, 4) is 0 Å². The highest BCUT2D eigenvalue weighted by atomic mass is 79.9. The fourth-order valence-corrected chi connectivity index (χ4v) is 3.70. The quantitative estimate of drug-likeness (QED) is 0.524. The number of hydrogen-bond donors (Lipinski definition) is 1. The molecule has 2 aromatic rings. The Hall–Kier alpha value is -2.47. The first-order valence-electron chi connectivity index (χ1n) is 9.29. The smallest absolute Gasteiger partial charge is 0.319 e. The zero-order valence-corrected chi connectivity index (χ0v) is 17.7. The van der Waals surface area contributed by atoms with Gasteiger partial charge in [-0.1, -0.05) is 66.2 Å². The van der Waals surface area contributed by atoms with Gasteiger partial charge in [0.05, 0.1) is 6.54 Å². The lowest BCUT2D eigenvalue weighted by atomic mass is 9.92. The maximum atomic E-state index is 13.0. The molecule has 1 aliphatic rings. The molecule has 0 aromatic heterocycles. The Morgan fingerprint density at radius 1 is 1.18 bits per heavy atom. The zero-order chi connectivity index (χ0) is 20.5. The first-order valence-corrected chi connectivity index (χ1v) is 10.1. The molecule has 0 spiro atoms. The first-order chi connectivity index (χ1) is 13.3. The van der Waals surface area contributed by atoms with Crippen LogP contribution in [-0.2, 0) is 10.3 Å². The van der Waals surface area contributed by atoms with Crippen molar-refractivity contribution in [3.63, 3.8) is 0 Å². The Kier molecular flexibility index (Phi) is 5.70. The van der Waals surface area contributed by atoms with Gasteiger partial charge in [-0.2, -0.15) is 0 Å². The standard InChI is InChI=1S/C22H23BrN2O3/c1-4-14(2)15-8-10-16(11-9-15)19(26)13-25-20(27)22(3,24-21(25)28)17-6-5-7-18(23)12-17/h5-12,14H,4,13H2,1-3H3,(H,24,28)/t14-,22+/m0/s1. The van der Waals surface area contributed by atoms with Crippen LogP contribution in [0.2, 0.25) is 0 Å². The fraction of sp³-hybridized carbons (Fsp3) is 0.318. The van der Waals surface area contributed by atoms with E-state index in [1.54, 1.807) is 37.3 Å². The van der Waals surface area contributed by atoms with Crippen molar-refractivity contribution in [2.75, 3.05) is 6.54 Å². The molecule has 3 rings (SSSR count). The number of nitrogens with one attached hydrogen (secondary N) is 1. The number of halogens is 1. The predicted molar refractivity (Wildman–Crippen MR) is 111 cm³/mol. The van der Waals surface area contributed by atoms with Gasteiger partial charge in [-0.25, -0.2) is 4.79 Å². The van der Waals surface area contributed by atoms with Crippen molar-refractivity contribution < 1.29 is 14.4 Å². The van der Waals surface area contributed by atoms with E-state index in [1.807, 2.05) is 18.2 Å². The number of carbonyl (C=O) groups is 3. The van der Waals surface area contributed by atoms with Gasteiger partial charge in [-0.05, 0) is 42.5 Å². The van der Waals surface area contributed by atoms with Crippen LogP contribution < -0.4 is 5.32 Å². The molecule has 3 amide bonds. The molecule has 0 unspecified atom stereocenters. The lowest BCUT2D eigenvalue weighted by Crippen LogP contribution is -2.41. The molecule has 1 N–H and O–H groups in total. The Morgan fingerprint density at radius 3 is 2.46 bits per heavy atom. The summed E-state index contributed by atoms with van der Waals surface area (Å²) in [5, 5.41) is 2.73. The summed E-state index contributed by atoms with van der Waals surface area (Å²) < 4.78 is 0.809. The Balaban J connectivity index is 1.78.